The number of nitrogens with zero attached hydrogens (tertiary/aromatic N) is 1. The van der Waals surface area contributed by atoms with Crippen LogP contribution in [-0.4, -0.2) is 58.6 Å². The predicted octanol–water partition coefficient (Wildman–Crippen LogP) is 2.08. The van der Waals surface area contributed by atoms with Crippen molar-refractivity contribution in [1.29, 1.82) is 0 Å². The highest BCUT2D eigenvalue weighted by molar-refractivity contribution is 5.83. The van der Waals surface area contributed by atoms with Gasteiger partial charge in [0.05, 0.1) is 18.2 Å². The molecule has 1 fully saturated rings. The first-order valence-corrected chi connectivity index (χ1v) is 9.57. The van der Waals surface area contributed by atoms with E-state index in [1.165, 1.54) is 6.92 Å². The summed E-state index contributed by atoms with van der Waals surface area (Å²) in [6.07, 6.45) is 0.799. The van der Waals surface area contributed by atoms with Gasteiger partial charge in [-0.3, -0.25) is 4.79 Å². The van der Waals surface area contributed by atoms with Gasteiger partial charge in [0.1, 0.15) is 0 Å². The number of ether oxygens (including phenoxy) is 2. The van der Waals surface area contributed by atoms with Gasteiger partial charge in [-0.2, -0.15) is 0 Å². The van der Waals surface area contributed by atoms with Gasteiger partial charge in [0.2, 0.25) is 0 Å². The minimum absolute atomic E-state index is 0.0167. The second kappa shape index (κ2) is 11.0. The lowest BCUT2D eigenvalue weighted by molar-refractivity contribution is -0.133. The van der Waals surface area contributed by atoms with Crippen LogP contribution < -0.4 is 10.7 Å². The third-order valence-electron chi connectivity index (χ3n) is 4.17. The molecule has 0 aromatic carbocycles. The van der Waals surface area contributed by atoms with Crippen LogP contribution in [0.3, 0.4) is 0 Å². The molecule has 0 saturated heterocycles. The Hall–Kier alpha value is -2.03. The Balaban J connectivity index is 2.79. The third-order valence-corrected chi connectivity index (χ3v) is 4.17. The van der Waals surface area contributed by atoms with Crippen molar-refractivity contribution >= 4 is 18.1 Å². The fourth-order valence-electron chi connectivity index (χ4n) is 2.80. The fraction of sp³-hybridized carbons (Fsp3) is 0.833. The van der Waals surface area contributed by atoms with Crippen LogP contribution in [0.25, 0.3) is 0 Å². The molecule has 3 N–H and O–H groups in total. The Morgan fingerprint density at radius 2 is 1.52 bits per heavy atom. The van der Waals surface area contributed by atoms with E-state index in [-0.39, 0.29) is 6.04 Å². The lowest BCUT2D eigenvalue weighted by Crippen LogP contribution is -2.59. The number of carbonyl (C=O) groups excluding carboxylic acids is 3. The molecule has 3 amide bonds. The molecule has 9 nitrogen and oxygen atoms in total. The molecule has 0 aromatic heterocycles. The van der Waals surface area contributed by atoms with Gasteiger partial charge < -0.3 is 19.9 Å². The van der Waals surface area contributed by atoms with Crippen LogP contribution in [0.1, 0.15) is 66.7 Å². The predicted molar refractivity (Wildman–Crippen MR) is 98.7 cm³/mol. The van der Waals surface area contributed by atoms with Crippen LogP contribution in [0.2, 0.25) is 0 Å². The molecule has 27 heavy (non-hydrogen) atoms. The minimum Gasteiger partial charge on any atom is -0.446 e. The summed E-state index contributed by atoms with van der Waals surface area (Å²) < 4.78 is 10.1. The highest BCUT2D eigenvalue weighted by Gasteiger charge is 2.34. The molecule has 1 aliphatic carbocycles. The molecule has 0 bridgehead atoms. The summed E-state index contributed by atoms with van der Waals surface area (Å²) in [5.74, 6) is -0.587. The van der Waals surface area contributed by atoms with Crippen LogP contribution in [0.4, 0.5) is 9.59 Å². The summed E-state index contributed by atoms with van der Waals surface area (Å²) in [6.45, 7) is 8.07. The Kier molecular flexibility index (Phi) is 9.34. The zero-order valence-electron chi connectivity index (χ0n) is 16.9. The Morgan fingerprint density at radius 1 is 0.963 bits per heavy atom. The quantitative estimate of drug-likeness (QED) is 0.601. The van der Waals surface area contributed by atoms with Crippen molar-refractivity contribution in [3.63, 3.8) is 0 Å². The molecular formula is C18H33N3O6. The van der Waals surface area contributed by atoms with E-state index in [4.69, 9.17) is 9.47 Å². The van der Waals surface area contributed by atoms with Crippen LogP contribution in [0.15, 0.2) is 0 Å². The van der Waals surface area contributed by atoms with Crippen molar-refractivity contribution in [3.05, 3.63) is 0 Å². The van der Waals surface area contributed by atoms with E-state index in [2.05, 4.69) is 10.7 Å². The monoisotopic (exact) mass is 387 g/mol. The van der Waals surface area contributed by atoms with Crippen LogP contribution in [0.5, 0.6) is 0 Å². The van der Waals surface area contributed by atoms with Crippen LogP contribution >= 0.6 is 0 Å². The molecule has 0 spiro atoms. The van der Waals surface area contributed by atoms with Gasteiger partial charge in [-0.1, -0.05) is 19.3 Å². The van der Waals surface area contributed by atoms with Gasteiger partial charge in [-0.05, 0) is 47.5 Å². The molecule has 0 radical (unpaired) electrons. The SMILES string of the molecule is CC(C)OC(=O)NN(C(=O)OC(C)C)[C@H](C)C(O)C(=O)NC1CCCCC1. The second-order valence-electron chi connectivity index (χ2n) is 7.40. The Labute approximate surface area is 160 Å². The summed E-state index contributed by atoms with van der Waals surface area (Å²) in [5, 5.41) is 14.0. The summed E-state index contributed by atoms with van der Waals surface area (Å²) in [6, 6.07) is -1.04. The lowest BCUT2D eigenvalue weighted by Gasteiger charge is -2.32. The highest BCUT2D eigenvalue weighted by atomic mass is 16.6. The zero-order chi connectivity index (χ0) is 20.6. The largest absolute Gasteiger partial charge is 0.446 e. The molecule has 0 aliphatic heterocycles. The number of carbonyl (C=O) groups is 3. The molecule has 1 unspecified atom stereocenters. The number of aliphatic hydroxyl groups excluding tert-OH is 1. The number of rotatable bonds is 6. The van der Waals surface area contributed by atoms with Gasteiger partial charge >= 0.3 is 12.2 Å². The van der Waals surface area contributed by atoms with Crippen LogP contribution in [0, 0.1) is 0 Å². The number of hydrogen-bond donors (Lipinski definition) is 3. The fourth-order valence-corrected chi connectivity index (χ4v) is 2.80. The molecule has 9 heteroatoms. The molecular weight excluding hydrogens is 354 g/mol. The van der Waals surface area contributed by atoms with E-state index in [1.54, 1.807) is 27.7 Å². The average molecular weight is 387 g/mol. The van der Waals surface area contributed by atoms with Gasteiger partial charge in [0, 0.05) is 6.04 Å². The summed E-state index contributed by atoms with van der Waals surface area (Å²) in [7, 11) is 0. The first-order valence-electron chi connectivity index (χ1n) is 9.57. The topological polar surface area (TPSA) is 117 Å². The van der Waals surface area contributed by atoms with E-state index in [0.29, 0.717) is 0 Å². The van der Waals surface area contributed by atoms with E-state index in [0.717, 1.165) is 37.1 Å². The van der Waals surface area contributed by atoms with Crippen molar-refractivity contribution in [2.75, 3.05) is 0 Å². The van der Waals surface area contributed by atoms with Crippen molar-refractivity contribution in [2.24, 2.45) is 0 Å². The maximum absolute atomic E-state index is 12.4. The van der Waals surface area contributed by atoms with E-state index >= 15 is 0 Å². The van der Waals surface area contributed by atoms with Gasteiger partial charge in [0.25, 0.3) is 5.91 Å². The van der Waals surface area contributed by atoms with Gasteiger partial charge in [-0.25, -0.2) is 20.0 Å². The third kappa shape index (κ3) is 8.03. The Bertz CT molecular complexity index is 505. The van der Waals surface area contributed by atoms with Gasteiger partial charge in [0.15, 0.2) is 6.10 Å². The molecule has 1 aliphatic rings. The van der Waals surface area contributed by atoms with E-state index < -0.39 is 42.4 Å². The van der Waals surface area contributed by atoms with Gasteiger partial charge in [-0.15, -0.1) is 0 Å². The number of hydrazine groups is 1. The smallest absolute Gasteiger partial charge is 0.429 e. The lowest BCUT2D eigenvalue weighted by atomic mass is 9.95. The first-order chi connectivity index (χ1) is 12.6. The number of aliphatic hydroxyl groups is 1. The van der Waals surface area contributed by atoms with Crippen molar-refractivity contribution in [1.82, 2.24) is 15.8 Å². The number of amides is 3. The number of nitrogens with one attached hydrogen (secondary N) is 2. The summed E-state index contributed by atoms with van der Waals surface area (Å²) in [5.41, 5.74) is 2.25. The maximum Gasteiger partial charge on any atom is 0.429 e. The normalized spacial score (nSPS) is 17.2. The molecule has 1 rings (SSSR count). The van der Waals surface area contributed by atoms with Crippen molar-refractivity contribution in [2.45, 2.75) is 97.1 Å². The van der Waals surface area contributed by atoms with Crippen LogP contribution in [-0.2, 0) is 14.3 Å². The average Bonchev–Trinajstić information content (AvgIpc) is 2.58. The molecule has 1 saturated carbocycles. The molecule has 2 atom stereocenters. The summed E-state index contributed by atoms with van der Waals surface area (Å²) in [4.78, 5) is 36.6. The maximum atomic E-state index is 12.4. The molecule has 0 aromatic rings. The van der Waals surface area contributed by atoms with Crippen molar-refractivity contribution in [3.8, 4) is 0 Å². The standard InChI is InChI=1S/C18H33N3O6/c1-11(2)26-17(24)20-21(18(25)27-12(3)4)13(5)15(22)16(23)19-14-9-7-6-8-10-14/h11-15,22H,6-10H2,1-5H3,(H,19,23)(H,20,24)/t13-,15?/m1/s1. The van der Waals surface area contributed by atoms with Crippen molar-refractivity contribution < 1.29 is 29.0 Å². The minimum atomic E-state index is -1.54. The molecule has 156 valence electrons. The Morgan fingerprint density at radius 3 is 2.04 bits per heavy atom. The molecule has 0 heterocycles. The first kappa shape index (κ1) is 23.0. The highest BCUT2D eigenvalue weighted by Crippen LogP contribution is 2.18. The summed E-state index contributed by atoms with van der Waals surface area (Å²) >= 11 is 0. The zero-order valence-corrected chi connectivity index (χ0v) is 16.9. The van der Waals surface area contributed by atoms with E-state index in [1.807, 2.05) is 0 Å². The number of hydrogen-bond acceptors (Lipinski definition) is 6. The second-order valence-corrected chi connectivity index (χ2v) is 7.40. The van der Waals surface area contributed by atoms with E-state index in [9.17, 15) is 19.5 Å².